The monoisotopic (exact) mass is 405 g/mol. The Morgan fingerprint density at radius 3 is 2.00 bits per heavy atom. The molecule has 0 spiro atoms. The number of nitrogen functional groups attached to an aromatic ring is 1. The van der Waals surface area contributed by atoms with Gasteiger partial charge >= 0.3 is 5.97 Å². The average Bonchev–Trinajstić information content (AvgIpc) is 2.76. The van der Waals surface area contributed by atoms with Gasteiger partial charge in [0, 0.05) is 11.4 Å². The summed E-state index contributed by atoms with van der Waals surface area (Å²) in [5.41, 5.74) is 10.1. The van der Waals surface area contributed by atoms with Gasteiger partial charge in [0.05, 0.1) is 12.2 Å². The first-order valence-corrected chi connectivity index (χ1v) is 9.97. The van der Waals surface area contributed by atoms with Crippen molar-refractivity contribution >= 4 is 34.7 Å². The molecule has 0 fully saturated rings. The van der Waals surface area contributed by atoms with Crippen LogP contribution in [0, 0.1) is 5.92 Å². The van der Waals surface area contributed by atoms with E-state index in [0.29, 0.717) is 35.4 Å². The van der Waals surface area contributed by atoms with Crippen molar-refractivity contribution in [2.45, 2.75) is 27.2 Å². The molecule has 0 amide bonds. The zero-order valence-electron chi connectivity index (χ0n) is 17.5. The summed E-state index contributed by atoms with van der Waals surface area (Å²) in [6.07, 6.45) is 2.43. The predicted molar refractivity (Wildman–Crippen MR) is 120 cm³/mol. The average molecular weight is 406 g/mol. The van der Waals surface area contributed by atoms with E-state index >= 15 is 0 Å². The minimum atomic E-state index is -0.336. The lowest BCUT2D eigenvalue weighted by atomic mass is 10.1. The Balaban J connectivity index is 1.69. The van der Waals surface area contributed by atoms with Crippen molar-refractivity contribution in [3.05, 3.63) is 66.0 Å². The number of aromatic nitrogens is 2. The highest BCUT2D eigenvalue weighted by molar-refractivity contribution is 5.90. The zero-order valence-corrected chi connectivity index (χ0v) is 17.5. The lowest BCUT2D eigenvalue weighted by Crippen LogP contribution is -2.10. The highest BCUT2D eigenvalue weighted by Crippen LogP contribution is 2.28. The van der Waals surface area contributed by atoms with Crippen molar-refractivity contribution in [1.29, 1.82) is 0 Å². The Labute approximate surface area is 176 Å². The molecule has 0 aliphatic heterocycles. The second-order valence-corrected chi connectivity index (χ2v) is 7.35. The fourth-order valence-electron chi connectivity index (χ4n) is 2.71. The summed E-state index contributed by atoms with van der Waals surface area (Å²) in [5, 5.41) is 6.38. The number of esters is 1. The topological polar surface area (TPSA) is 102 Å². The van der Waals surface area contributed by atoms with Crippen molar-refractivity contribution in [2.75, 3.05) is 23.0 Å². The van der Waals surface area contributed by atoms with E-state index in [1.54, 1.807) is 24.3 Å². The number of rotatable bonds is 8. The van der Waals surface area contributed by atoms with Gasteiger partial charge in [-0.15, -0.1) is 0 Å². The first-order chi connectivity index (χ1) is 14.5. The van der Waals surface area contributed by atoms with Crippen LogP contribution in [0.3, 0.4) is 0 Å². The molecule has 1 aromatic heterocycles. The van der Waals surface area contributed by atoms with Gasteiger partial charge in [0.25, 0.3) is 0 Å². The van der Waals surface area contributed by atoms with Gasteiger partial charge in [-0.25, -0.2) is 14.8 Å². The molecule has 3 aromatic rings. The molecule has 0 atom stereocenters. The van der Waals surface area contributed by atoms with Gasteiger partial charge in [-0.3, -0.25) is 0 Å². The standard InChI is InChI=1S/C23H27N5O2/c1-4-16-5-9-18(10-6-16)27-21-20(24)22(26-14-25-21)28-19-11-7-17(8-12-19)23(29)30-13-15(2)3/h5-12,14-15H,4,13,24H2,1-3H3,(H2,25,26,27,28). The highest BCUT2D eigenvalue weighted by atomic mass is 16.5. The number of nitrogens with one attached hydrogen (secondary N) is 2. The third-order valence-electron chi connectivity index (χ3n) is 4.44. The van der Waals surface area contributed by atoms with Crippen molar-refractivity contribution in [1.82, 2.24) is 9.97 Å². The molecule has 0 aliphatic rings. The van der Waals surface area contributed by atoms with Crippen molar-refractivity contribution in [2.24, 2.45) is 5.92 Å². The van der Waals surface area contributed by atoms with E-state index in [0.717, 1.165) is 17.8 Å². The van der Waals surface area contributed by atoms with Crippen LogP contribution in [-0.2, 0) is 11.2 Å². The summed E-state index contributed by atoms with van der Waals surface area (Å²) >= 11 is 0. The Kier molecular flexibility index (Phi) is 6.85. The van der Waals surface area contributed by atoms with E-state index < -0.39 is 0 Å². The minimum absolute atomic E-state index is 0.294. The number of carbonyl (C=O) groups excluding carboxylic acids is 1. The van der Waals surface area contributed by atoms with Gasteiger partial charge in [-0.2, -0.15) is 0 Å². The van der Waals surface area contributed by atoms with Crippen LogP contribution in [0.2, 0.25) is 0 Å². The molecule has 0 aliphatic carbocycles. The molecule has 30 heavy (non-hydrogen) atoms. The first-order valence-electron chi connectivity index (χ1n) is 9.97. The fourth-order valence-corrected chi connectivity index (χ4v) is 2.71. The number of nitrogens with zero attached hydrogens (tertiary/aromatic N) is 2. The number of hydrogen-bond donors (Lipinski definition) is 3. The summed E-state index contributed by atoms with van der Waals surface area (Å²) in [4.78, 5) is 20.5. The van der Waals surface area contributed by atoms with Crippen molar-refractivity contribution < 1.29 is 9.53 Å². The van der Waals surface area contributed by atoms with E-state index in [4.69, 9.17) is 10.5 Å². The van der Waals surface area contributed by atoms with E-state index in [9.17, 15) is 4.79 Å². The van der Waals surface area contributed by atoms with Crippen molar-refractivity contribution in [3.63, 3.8) is 0 Å². The number of aryl methyl sites for hydroxylation is 1. The van der Waals surface area contributed by atoms with E-state index in [-0.39, 0.29) is 5.97 Å². The molecule has 7 nitrogen and oxygen atoms in total. The summed E-state index contributed by atoms with van der Waals surface area (Å²) in [7, 11) is 0. The molecule has 2 aromatic carbocycles. The molecule has 156 valence electrons. The lowest BCUT2D eigenvalue weighted by molar-refractivity contribution is 0.0459. The fraction of sp³-hybridized carbons (Fsp3) is 0.261. The third kappa shape index (κ3) is 5.47. The first kappa shape index (κ1) is 21.1. The minimum Gasteiger partial charge on any atom is -0.462 e. The normalized spacial score (nSPS) is 10.7. The number of anilines is 5. The molecule has 7 heteroatoms. The number of hydrogen-bond acceptors (Lipinski definition) is 7. The Morgan fingerprint density at radius 2 is 1.50 bits per heavy atom. The maximum absolute atomic E-state index is 12.0. The van der Waals surface area contributed by atoms with Crippen LogP contribution in [-0.4, -0.2) is 22.5 Å². The number of carbonyl (C=O) groups is 1. The van der Waals surface area contributed by atoms with Crippen LogP contribution >= 0.6 is 0 Å². The van der Waals surface area contributed by atoms with Crippen molar-refractivity contribution in [3.8, 4) is 0 Å². The van der Waals surface area contributed by atoms with Crippen LogP contribution < -0.4 is 16.4 Å². The SMILES string of the molecule is CCc1ccc(Nc2ncnc(Nc3ccc(C(=O)OCC(C)C)cc3)c2N)cc1. The Bertz CT molecular complexity index is 985. The largest absolute Gasteiger partial charge is 0.462 e. The molecule has 3 rings (SSSR count). The predicted octanol–water partition coefficient (Wildman–Crippen LogP) is 4.92. The third-order valence-corrected chi connectivity index (χ3v) is 4.44. The molecule has 1 heterocycles. The highest BCUT2D eigenvalue weighted by Gasteiger charge is 2.11. The van der Waals surface area contributed by atoms with Gasteiger partial charge in [0.15, 0.2) is 11.6 Å². The quantitative estimate of drug-likeness (QED) is 0.457. The van der Waals surface area contributed by atoms with E-state index in [1.807, 2.05) is 26.0 Å². The summed E-state index contributed by atoms with van der Waals surface area (Å²) in [6.45, 7) is 6.50. The lowest BCUT2D eigenvalue weighted by Gasteiger charge is -2.13. The molecule has 0 saturated heterocycles. The van der Waals surface area contributed by atoms with Crippen LogP contribution in [0.4, 0.5) is 28.7 Å². The molecule has 0 bridgehead atoms. The number of nitrogens with two attached hydrogens (primary N) is 1. The summed E-state index contributed by atoms with van der Waals surface area (Å²) in [6, 6.07) is 15.1. The van der Waals surface area contributed by atoms with Crippen LogP contribution in [0.15, 0.2) is 54.9 Å². The Morgan fingerprint density at radius 1 is 0.967 bits per heavy atom. The maximum atomic E-state index is 12.0. The molecule has 4 N–H and O–H groups in total. The molecular formula is C23H27N5O2. The maximum Gasteiger partial charge on any atom is 0.338 e. The van der Waals surface area contributed by atoms with E-state index in [1.165, 1.54) is 11.9 Å². The molecule has 0 unspecified atom stereocenters. The van der Waals surface area contributed by atoms with Gasteiger partial charge in [-0.05, 0) is 54.3 Å². The molecule has 0 saturated carbocycles. The van der Waals surface area contributed by atoms with Gasteiger partial charge in [0.2, 0.25) is 0 Å². The van der Waals surface area contributed by atoms with Crippen LogP contribution in [0.1, 0.15) is 36.7 Å². The van der Waals surface area contributed by atoms with Gasteiger partial charge in [0.1, 0.15) is 12.0 Å². The zero-order chi connectivity index (χ0) is 21.5. The number of benzene rings is 2. The second kappa shape index (κ2) is 9.73. The van der Waals surface area contributed by atoms with Crippen LogP contribution in [0.5, 0.6) is 0 Å². The molecular weight excluding hydrogens is 378 g/mol. The van der Waals surface area contributed by atoms with E-state index in [2.05, 4.69) is 39.7 Å². The van der Waals surface area contributed by atoms with Gasteiger partial charge < -0.3 is 21.1 Å². The summed E-state index contributed by atoms with van der Waals surface area (Å²) in [5.74, 6) is 0.957. The summed E-state index contributed by atoms with van der Waals surface area (Å²) < 4.78 is 5.25. The smallest absolute Gasteiger partial charge is 0.338 e. The van der Waals surface area contributed by atoms with Crippen LogP contribution in [0.25, 0.3) is 0 Å². The molecule has 0 radical (unpaired) electrons. The Hall–Kier alpha value is -3.61. The van der Waals surface area contributed by atoms with Gasteiger partial charge in [-0.1, -0.05) is 32.9 Å². The second-order valence-electron chi connectivity index (χ2n) is 7.35. The number of ether oxygens (including phenoxy) is 1.